The average Bonchev–Trinajstić information content (AvgIpc) is 2.99. The molecular formula is C29H36O15. The van der Waals surface area contributed by atoms with Gasteiger partial charge in [-0.15, -0.1) is 0 Å². The molecule has 44 heavy (non-hydrogen) atoms. The first-order valence-corrected chi connectivity index (χ1v) is 13.7. The van der Waals surface area contributed by atoms with Crippen LogP contribution in [0.4, 0.5) is 0 Å². The first kappa shape index (κ1) is 33.4. The van der Waals surface area contributed by atoms with Crippen LogP contribution in [0.3, 0.4) is 0 Å². The standard InChI is InChI=1S/C29H36O15/c1-13-22(35)24(37)25(38)28(42-13)41-12-20-23(36)27(44-21(34)7-4-14-2-5-16(30)18(32)10-14)26(39)29(43-20)40-9-8-15-3-6-17(31)19(33)11-15/h2-7,10-11,13,20,22-33,35-39H,8-9,12H2,1H3/t13-,20+,22-,23+,24+,25+,26+,27-,28-,29+/m0/s1. The lowest BCUT2D eigenvalue weighted by Gasteiger charge is -2.43. The molecule has 2 heterocycles. The van der Waals surface area contributed by atoms with E-state index >= 15 is 0 Å². The minimum Gasteiger partial charge on any atom is -0.504 e. The number of aliphatic hydroxyl groups is 5. The molecule has 2 aliphatic heterocycles. The SMILES string of the molecule is C[C@@H]1O[C@H](OC[C@H]2O[C@@H](OCCc3ccc(O)c(O)c3)[C@H](O)[C@@H](OC(=O)C=Cc3ccc(O)c(O)c3)[C@@H]2O)[C@H](O)[C@H](O)[C@H]1O. The number of rotatable bonds is 10. The molecule has 0 saturated carbocycles. The second-order valence-electron chi connectivity index (χ2n) is 10.5. The molecule has 0 amide bonds. The second-order valence-corrected chi connectivity index (χ2v) is 10.5. The molecule has 2 saturated heterocycles. The Bertz CT molecular complexity index is 1300. The van der Waals surface area contributed by atoms with Crippen molar-refractivity contribution < 1.29 is 74.4 Å². The van der Waals surface area contributed by atoms with Crippen LogP contribution < -0.4 is 0 Å². The van der Waals surface area contributed by atoms with Crippen molar-refractivity contribution in [1.82, 2.24) is 0 Å². The Morgan fingerprint density at radius 3 is 2.11 bits per heavy atom. The van der Waals surface area contributed by atoms with Crippen LogP contribution in [0, 0.1) is 0 Å². The Morgan fingerprint density at radius 2 is 1.43 bits per heavy atom. The Labute approximate surface area is 251 Å². The molecular weight excluding hydrogens is 588 g/mol. The van der Waals surface area contributed by atoms with Gasteiger partial charge in [0, 0.05) is 6.08 Å². The Kier molecular flexibility index (Phi) is 11.0. The molecule has 2 aromatic rings. The zero-order chi connectivity index (χ0) is 32.1. The van der Waals surface area contributed by atoms with Crippen molar-refractivity contribution in [1.29, 1.82) is 0 Å². The highest BCUT2D eigenvalue weighted by molar-refractivity contribution is 5.87. The molecule has 15 nitrogen and oxygen atoms in total. The molecule has 0 unspecified atom stereocenters. The minimum absolute atomic E-state index is 0.0768. The van der Waals surface area contributed by atoms with E-state index in [0.717, 1.165) is 6.08 Å². The summed E-state index contributed by atoms with van der Waals surface area (Å²) in [5, 5.41) is 90.5. The Hall–Kier alpha value is -3.51. The molecule has 9 N–H and O–H groups in total. The van der Waals surface area contributed by atoms with Crippen LogP contribution >= 0.6 is 0 Å². The van der Waals surface area contributed by atoms with Crippen molar-refractivity contribution in [2.45, 2.75) is 74.8 Å². The highest BCUT2D eigenvalue weighted by Gasteiger charge is 2.49. The summed E-state index contributed by atoms with van der Waals surface area (Å²) in [5.74, 6) is -2.39. The highest BCUT2D eigenvalue weighted by atomic mass is 16.7. The summed E-state index contributed by atoms with van der Waals surface area (Å²) in [6, 6.07) is 7.99. The Balaban J connectivity index is 1.45. The van der Waals surface area contributed by atoms with Crippen LogP contribution in [-0.4, -0.2) is 127 Å². The summed E-state index contributed by atoms with van der Waals surface area (Å²) >= 11 is 0. The lowest BCUT2D eigenvalue weighted by molar-refractivity contribution is -0.328. The van der Waals surface area contributed by atoms with E-state index in [4.69, 9.17) is 23.7 Å². The van der Waals surface area contributed by atoms with Crippen LogP contribution in [-0.2, 0) is 34.9 Å². The topological polar surface area (TPSA) is 245 Å². The number of benzene rings is 2. The first-order valence-electron chi connectivity index (χ1n) is 13.7. The van der Waals surface area contributed by atoms with Gasteiger partial charge >= 0.3 is 5.97 Å². The van der Waals surface area contributed by atoms with Gasteiger partial charge in [-0.1, -0.05) is 12.1 Å². The van der Waals surface area contributed by atoms with Crippen LogP contribution in [0.2, 0.25) is 0 Å². The molecule has 0 bridgehead atoms. The summed E-state index contributed by atoms with van der Waals surface area (Å²) in [6.07, 6.45) is -12.2. The van der Waals surface area contributed by atoms with Crippen LogP contribution in [0.1, 0.15) is 18.1 Å². The predicted molar refractivity (Wildman–Crippen MR) is 147 cm³/mol. The van der Waals surface area contributed by atoms with Crippen LogP contribution in [0.15, 0.2) is 42.5 Å². The van der Waals surface area contributed by atoms with Gasteiger partial charge in [-0.3, -0.25) is 0 Å². The molecule has 15 heteroatoms. The molecule has 2 aliphatic rings. The van der Waals surface area contributed by atoms with Crippen LogP contribution in [0.5, 0.6) is 23.0 Å². The van der Waals surface area contributed by atoms with E-state index in [-0.39, 0.29) is 30.3 Å². The smallest absolute Gasteiger partial charge is 0.331 e. The van der Waals surface area contributed by atoms with E-state index in [0.29, 0.717) is 11.1 Å². The third-order valence-electron chi connectivity index (χ3n) is 7.25. The summed E-state index contributed by atoms with van der Waals surface area (Å²) in [7, 11) is 0. The number of hydrogen-bond donors (Lipinski definition) is 9. The van der Waals surface area contributed by atoms with E-state index in [1.807, 2.05) is 0 Å². The fourth-order valence-corrected chi connectivity index (χ4v) is 4.66. The number of carbonyl (C=O) groups is 1. The van der Waals surface area contributed by atoms with E-state index in [2.05, 4.69) is 0 Å². The van der Waals surface area contributed by atoms with Crippen molar-refractivity contribution in [3.63, 3.8) is 0 Å². The molecule has 4 rings (SSSR count). The zero-order valence-electron chi connectivity index (χ0n) is 23.5. The average molecular weight is 625 g/mol. The van der Waals surface area contributed by atoms with E-state index < -0.39 is 79.7 Å². The van der Waals surface area contributed by atoms with Crippen molar-refractivity contribution in [3.05, 3.63) is 53.6 Å². The molecule has 2 aromatic carbocycles. The van der Waals surface area contributed by atoms with Gasteiger partial charge in [-0.05, 0) is 54.8 Å². The Morgan fingerprint density at radius 1 is 0.773 bits per heavy atom. The molecule has 0 spiro atoms. The van der Waals surface area contributed by atoms with Gasteiger partial charge in [0.1, 0.15) is 36.6 Å². The van der Waals surface area contributed by atoms with E-state index in [1.54, 1.807) is 6.07 Å². The molecule has 0 aliphatic carbocycles. The van der Waals surface area contributed by atoms with Gasteiger partial charge < -0.3 is 69.6 Å². The van der Waals surface area contributed by atoms with E-state index in [1.165, 1.54) is 43.3 Å². The van der Waals surface area contributed by atoms with Gasteiger partial charge in [0.05, 0.1) is 19.3 Å². The van der Waals surface area contributed by atoms with Gasteiger partial charge in [0.15, 0.2) is 41.7 Å². The largest absolute Gasteiger partial charge is 0.504 e. The highest BCUT2D eigenvalue weighted by Crippen LogP contribution is 2.29. The van der Waals surface area contributed by atoms with Gasteiger partial charge in [0.2, 0.25) is 0 Å². The fourth-order valence-electron chi connectivity index (χ4n) is 4.66. The van der Waals surface area contributed by atoms with E-state index in [9.17, 15) is 50.8 Å². The third-order valence-corrected chi connectivity index (χ3v) is 7.25. The normalized spacial score (nSPS) is 32.5. The number of ether oxygens (including phenoxy) is 5. The van der Waals surface area contributed by atoms with Gasteiger partial charge in [0.25, 0.3) is 0 Å². The van der Waals surface area contributed by atoms with Crippen LogP contribution in [0.25, 0.3) is 6.08 Å². The number of aliphatic hydroxyl groups excluding tert-OH is 5. The second kappa shape index (κ2) is 14.5. The van der Waals surface area contributed by atoms with Crippen molar-refractivity contribution >= 4 is 12.0 Å². The van der Waals surface area contributed by atoms with Crippen molar-refractivity contribution in [2.75, 3.05) is 13.2 Å². The molecule has 0 aromatic heterocycles. The molecule has 10 atom stereocenters. The fraction of sp³-hybridized carbons (Fsp3) is 0.483. The summed E-state index contributed by atoms with van der Waals surface area (Å²) in [5.41, 5.74) is 0.919. The number of hydrogen-bond acceptors (Lipinski definition) is 15. The minimum atomic E-state index is -1.70. The molecule has 242 valence electrons. The first-order chi connectivity index (χ1) is 20.8. The summed E-state index contributed by atoms with van der Waals surface area (Å²) < 4.78 is 27.7. The van der Waals surface area contributed by atoms with Crippen molar-refractivity contribution in [3.8, 4) is 23.0 Å². The number of carbonyl (C=O) groups excluding carboxylic acids is 1. The van der Waals surface area contributed by atoms with Gasteiger partial charge in [-0.25, -0.2) is 4.79 Å². The summed E-state index contributed by atoms with van der Waals surface area (Å²) in [6.45, 7) is 0.888. The monoisotopic (exact) mass is 624 g/mol. The predicted octanol–water partition coefficient (Wildman–Crippen LogP) is -1.02. The lowest BCUT2D eigenvalue weighted by atomic mass is 9.98. The van der Waals surface area contributed by atoms with Crippen molar-refractivity contribution in [2.24, 2.45) is 0 Å². The lowest BCUT2D eigenvalue weighted by Crippen LogP contribution is -2.62. The molecule has 2 fully saturated rings. The number of phenols is 4. The maximum atomic E-state index is 12.6. The number of esters is 1. The maximum Gasteiger partial charge on any atom is 0.331 e. The number of aromatic hydroxyl groups is 4. The zero-order valence-corrected chi connectivity index (χ0v) is 23.5. The summed E-state index contributed by atoms with van der Waals surface area (Å²) in [4.78, 5) is 12.6. The van der Waals surface area contributed by atoms with Gasteiger partial charge in [-0.2, -0.15) is 0 Å². The quantitative estimate of drug-likeness (QED) is 0.0873. The number of phenolic OH excluding ortho intramolecular Hbond substituents is 4. The molecule has 0 radical (unpaired) electrons. The third kappa shape index (κ3) is 7.95. The maximum absolute atomic E-state index is 12.6.